The van der Waals surface area contributed by atoms with Crippen LogP contribution < -0.4 is 4.90 Å². The Morgan fingerprint density at radius 3 is 2.14 bits per heavy atom. The van der Waals surface area contributed by atoms with Crippen molar-refractivity contribution in [3.05, 3.63) is 119 Å². The molecule has 0 bridgehead atoms. The van der Waals surface area contributed by atoms with Gasteiger partial charge < -0.3 is 0 Å². The summed E-state index contributed by atoms with van der Waals surface area (Å²) in [6.45, 7) is 6.73. The van der Waals surface area contributed by atoms with E-state index >= 15 is 0 Å². The van der Waals surface area contributed by atoms with Gasteiger partial charge in [-0.2, -0.15) is 0 Å². The first-order valence-electron chi connectivity index (χ1n) is 12.3. The van der Waals surface area contributed by atoms with Crippen molar-refractivity contribution in [3.8, 4) is 33.4 Å². The van der Waals surface area contributed by atoms with Gasteiger partial charge >= 0.3 is 0 Å². The lowest BCUT2D eigenvalue weighted by Crippen LogP contribution is -2.16. The molecule has 36 heavy (non-hydrogen) atoms. The maximum atomic E-state index is 4.88. The van der Waals surface area contributed by atoms with E-state index in [0.29, 0.717) is 0 Å². The van der Waals surface area contributed by atoms with Gasteiger partial charge in [-0.1, -0.05) is 103 Å². The second-order valence-corrected chi connectivity index (χ2v) is 11.2. The minimum Gasteiger partial charge on any atom is -0.294 e. The first-order valence-corrected chi connectivity index (χ1v) is 13.0. The Morgan fingerprint density at radius 1 is 0.611 bits per heavy atom. The first kappa shape index (κ1) is 22.8. The molecule has 0 saturated carbocycles. The Kier molecular flexibility index (Phi) is 5.54. The van der Waals surface area contributed by atoms with Gasteiger partial charge in [-0.15, -0.1) is 0 Å². The van der Waals surface area contributed by atoms with Gasteiger partial charge in [0.2, 0.25) is 0 Å². The summed E-state index contributed by atoms with van der Waals surface area (Å²) in [5.41, 5.74) is 10.8. The zero-order valence-corrected chi connectivity index (χ0v) is 22.3. The zero-order chi connectivity index (χ0) is 24.9. The Morgan fingerprint density at radius 2 is 1.33 bits per heavy atom. The highest BCUT2D eigenvalue weighted by molar-refractivity contribution is 9.10. The topological polar surface area (TPSA) is 16.1 Å². The second-order valence-electron chi connectivity index (χ2n) is 10.3. The van der Waals surface area contributed by atoms with Gasteiger partial charge in [-0.3, -0.25) is 4.90 Å². The van der Waals surface area contributed by atoms with E-state index in [2.05, 4.69) is 145 Å². The van der Waals surface area contributed by atoms with Crippen molar-refractivity contribution >= 4 is 33.1 Å². The van der Waals surface area contributed by atoms with Crippen molar-refractivity contribution in [2.45, 2.75) is 26.2 Å². The summed E-state index contributed by atoms with van der Waals surface area (Å²) in [5, 5.41) is 0. The highest BCUT2D eigenvalue weighted by Crippen LogP contribution is 2.51. The summed E-state index contributed by atoms with van der Waals surface area (Å²) in [7, 11) is 0. The van der Waals surface area contributed by atoms with Gasteiger partial charge in [-0.25, -0.2) is 4.98 Å². The zero-order valence-electron chi connectivity index (χ0n) is 20.7. The molecule has 0 radical (unpaired) electrons. The Hall–Kier alpha value is -3.69. The molecule has 4 aromatic carbocycles. The van der Waals surface area contributed by atoms with Crippen molar-refractivity contribution < 1.29 is 0 Å². The summed E-state index contributed by atoms with van der Waals surface area (Å²) in [6.07, 6.45) is 1.93. The van der Waals surface area contributed by atoms with Crippen molar-refractivity contribution in [2.75, 3.05) is 4.90 Å². The molecule has 1 aromatic heterocycles. The van der Waals surface area contributed by atoms with E-state index in [4.69, 9.17) is 4.98 Å². The lowest BCUT2D eigenvalue weighted by molar-refractivity contribution is 0.589. The largest absolute Gasteiger partial charge is 0.294 e. The summed E-state index contributed by atoms with van der Waals surface area (Å²) in [6, 6.07) is 37.0. The minimum atomic E-state index is 0.0245. The van der Waals surface area contributed by atoms with Crippen LogP contribution >= 0.6 is 15.9 Å². The fraction of sp³-hybridized carbons (Fsp3) is 0.121. The van der Waals surface area contributed by atoms with Crippen LogP contribution in [0.25, 0.3) is 33.4 Å². The molecular formula is C33H27BrN2. The highest BCUT2D eigenvalue weighted by Gasteiger charge is 2.28. The fourth-order valence-corrected chi connectivity index (χ4v) is 5.36. The number of fused-ring (bicyclic) bond motifs is 5. The molecule has 0 fully saturated rings. The van der Waals surface area contributed by atoms with E-state index in [0.717, 1.165) is 21.7 Å². The number of hydrogen-bond acceptors (Lipinski definition) is 2. The molecule has 0 spiro atoms. The van der Waals surface area contributed by atoms with Crippen LogP contribution in [0.15, 0.2) is 114 Å². The number of nitrogens with zero attached hydrogens (tertiary/aromatic N) is 2. The third kappa shape index (κ3) is 3.94. The van der Waals surface area contributed by atoms with E-state index in [1.54, 1.807) is 0 Å². The second kappa shape index (κ2) is 8.76. The quantitative estimate of drug-likeness (QED) is 0.221. The van der Waals surface area contributed by atoms with E-state index in [1.807, 2.05) is 6.20 Å². The van der Waals surface area contributed by atoms with Crippen LogP contribution in [0.3, 0.4) is 0 Å². The summed E-state index contributed by atoms with van der Waals surface area (Å²) >= 11 is 3.74. The summed E-state index contributed by atoms with van der Waals surface area (Å²) < 4.78 is 1.04. The van der Waals surface area contributed by atoms with Crippen LogP contribution in [0.1, 0.15) is 26.3 Å². The van der Waals surface area contributed by atoms with Crippen molar-refractivity contribution in [1.82, 2.24) is 4.98 Å². The predicted octanol–water partition coefficient (Wildman–Crippen LogP) is 9.93. The van der Waals surface area contributed by atoms with Crippen LogP contribution in [0, 0.1) is 0 Å². The smallest absolute Gasteiger partial charge is 0.137 e. The molecule has 1 aliphatic heterocycles. The van der Waals surface area contributed by atoms with Crippen LogP contribution in [-0.4, -0.2) is 4.98 Å². The predicted molar refractivity (Wildman–Crippen MR) is 155 cm³/mol. The molecule has 0 aliphatic carbocycles. The minimum absolute atomic E-state index is 0.0245. The molecule has 176 valence electrons. The van der Waals surface area contributed by atoms with E-state index in [-0.39, 0.29) is 5.41 Å². The van der Waals surface area contributed by atoms with Crippen LogP contribution in [-0.2, 0) is 5.41 Å². The highest BCUT2D eigenvalue weighted by atomic mass is 79.9. The number of aromatic nitrogens is 1. The normalized spacial score (nSPS) is 12.4. The molecule has 2 heterocycles. The molecule has 5 aromatic rings. The maximum absolute atomic E-state index is 4.88. The molecule has 0 N–H and O–H groups in total. The van der Waals surface area contributed by atoms with Gasteiger partial charge in [-0.05, 0) is 69.6 Å². The monoisotopic (exact) mass is 530 g/mol. The average Bonchev–Trinajstić information content (AvgIpc) is 3.01. The van der Waals surface area contributed by atoms with Gasteiger partial charge in [0.15, 0.2) is 0 Å². The SMILES string of the molecule is CC(C)(C)c1ccnc(N2c3ccccc3-c3cc(-c4ccccc4)ccc3-c3ccc(Br)cc32)c1. The first-order chi connectivity index (χ1) is 17.4. The fourth-order valence-electron chi connectivity index (χ4n) is 5.01. The van der Waals surface area contributed by atoms with E-state index in [1.165, 1.54) is 38.9 Å². The van der Waals surface area contributed by atoms with E-state index < -0.39 is 0 Å². The lowest BCUT2D eigenvalue weighted by atomic mass is 9.87. The van der Waals surface area contributed by atoms with Crippen molar-refractivity contribution in [1.29, 1.82) is 0 Å². The van der Waals surface area contributed by atoms with Gasteiger partial charge in [0.05, 0.1) is 11.4 Å². The maximum Gasteiger partial charge on any atom is 0.137 e. The number of pyridine rings is 1. The third-order valence-electron chi connectivity index (χ3n) is 6.89. The molecule has 2 nitrogen and oxygen atoms in total. The van der Waals surface area contributed by atoms with Gasteiger partial charge in [0, 0.05) is 21.8 Å². The number of para-hydroxylation sites is 1. The molecular weight excluding hydrogens is 504 g/mol. The Labute approximate surface area is 221 Å². The van der Waals surface area contributed by atoms with E-state index in [9.17, 15) is 0 Å². The molecule has 0 unspecified atom stereocenters. The molecule has 1 aliphatic rings. The third-order valence-corrected chi connectivity index (χ3v) is 7.39. The van der Waals surface area contributed by atoms with Crippen molar-refractivity contribution in [3.63, 3.8) is 0 Å². The van der Waals surface area contributed by atoms with Crippen LogP contribution in [0.2, 0.25) is 0 Å². The summed E-state index contributed by atoms with van der Waals surface area (Å²) in [5.74, 6) is 0.922. The Bertz CT molecular complexity index is 1580. The number of rotatable bonds is 2. The standard InChI is InChI=1S/C33H27BrN2/c1-33(2,3)24-17-18-35-32(20-24)36-30-12-8-7-11-27(30)29-19-23(22-9-5-4-6-10-22)13-15-26(29)28-16-14-25(34)21-31(28)36/h4-21H,1-3H3. The number of halogens is 1. The van der Waals surface area contributed by atoms with Crippen molar-refractivity contribution in [2.24, 2.45) is 0 Å². The molecule has 0 amide bonds. The average molecular weight is 531 g/mol. The molecule has 0 atom stereocenters. The molecule has 3 heteroatoms. The van der Waals surface area contributed by atoms with Crippen LogP contribution in [0.4, 0.5) is 17.2 Å². The van der Waals surface area contributed by atoms with Gasteiger partial charge in [0.1, 0.15) is 5.82 Å². The Balaban J connectivity index is 1.66. The molecule has 6 rings (SSSR count). The van der Waals surface area contributed by atoms with Gasteiger partial charge in [0.25, 0.3) is 0 Å². The number of anilines is 3. The number of hydrogen-bond donors (Lipinski definition) is 0. The molecule has 0 saturated heterocycles. The number of benzene rings is 4. The summed E-state index contributed by atoms with van der Waals surface area (Å²) in [4.78, 5) is 7.20. The lowest BCUT2D eigenvalue weighted by Gasteiger charge is -2.28. The van der Waals surface area contributed by atoms with Crippen LogP contribution in [0.5, 0.6) is 0 Å².